The molecule has 0 bridgehead atoms. The van der Waals surface area contributed by atoms with Crippen LogP contribution in [0, 0.1) is 6.92 Å². The second-order valence-corrected chi connectivity index (χ2v) is 7.20. The molecule has 2 aromatic rings. The number of nitrogens with zero attached hydrogens (tertiary/aromatic N) is 4. The highest BCUT2D eigenvalue weighted by atomic mass is 19.3. The number of imidazole rings is 1. The molecular weight excluding hydrogens is 380 g/mol. The second-order valence-electron chi connectivity index (χ2n) is 7.20. The van der Waals surface area contributed by atoms with E-state index in [1.54, 1.807) is 24.7 Å². The van der Waals surface area contributed by atoms with Crippen LogP contribution in [0.4, 0.5) is 8.78 Å². The standard InChI is InChI=1S/C20H25F2N5O2/c1-14-3-4-16(19(28)24-7-2-9-26-12-8-23-13-26)17(25-14)15-5-10-27(11-6-15)20(29)18(21)22/h3-4,8,12-13,15,18H,2,5-7,9-11H2,1H3,(H,24,28). The number of piperidine rings is 1. The Balaban J connectivity index is 1.60. The third-order valence-electron chi connectivity index (χ3n) is 5.13. The van der Waals surface area contributed by atoms with E-state index in [4.69, 9.17) is 0 Å². The van der Waals surface area contributed by atoms with Crippen molar-refractivity contribution in [2.24, 2.45) is 0 Å². The molecule has 0 spiro atoms. The zero-order chi connectivity index (χ0) is 20.8. The molecule has 1 fully saturated rings. The van der Waals surface area contributed by atoms with Gasteiger partial charge in [0.15, 0.2) is 0 Å². The normalized spacial score (nSPS) is 15.0. The Bertz CT molecular complexity index is 833. The fourth-order valence-electron chi connectivity index (χ4n) is 3.57. The summed E-state index contributed by atoms with van der Waals surface area (Å²) in [5, 5.41) is 2.93. The first-order valence-electron chi connectivity index (χ1n) is 9.74. The molecule has 1 saturated heterocycles. The number of amides is 2. The SMILES string of the molecule is Cc1ccc(C(=O)NCCCn2ccnc2)c(C2CCN(C(=O)C(F)F)CC2)n1. The van der Waals surface area contributed by atoms with Gasteiger partial charge in [0.05, 0.1) is 17.6 Å². The van der Waals surface area contributed by atoms with Crippen molar-refractivity contribution in [3.8, 4) is 0 Å². The number of likely N-dealkylation sites (tertiary alicyclic amines) is 1. The monoisotopic (exact) mass is 405 g/mol. The van der Waals surface area contributed by atoms with Crippen molar-refractivity contribution in [3.63, 3.8) is 0 Å². The highest BCUT2D eigenvalue weighted by molar-refractivity contribution is 5.95. The van der Waals surface area contributed by atoms with Crippen molar-refractivity contribution < 1.29 is 18.4 Å². The summed E-state index contributed by atoms with van der Waals surface area (Å²) in [6.45, 7) is 3.62. The van der Waals surface area contributed by atoms with Crippen LogP contribution in [0.25, 0.3) is 0 Å². The van der Waals surface area contributed by atoms with Crippen molar-refractivity contribution >= 4 is 11.8 Å². The Labute approximate surface area is 168 Å². The van der Waals surface area contributed by atoms with Crippen LogP contribution in [0.5, 0.6) is 0 Å². The predicted molar refractivity (Wildman–Crippen MR) is 103 cm³/mol. The molecule has 7 nitrogen and oxygen atoms in total. The average molecular weight is 405 g/mol. The van der Waals surface area contributed by atoms with Crippen molar-refractivity contribution in [2.75, 3.05) is 19.6 Å². The van der Waals surface area contributed by atoms with Crippen LogP contribution in [-0.4, -0.2) is 57.3 Å². The van der Waals surface area contributed by atoms with Crippen LogP contribution in [0.15, 0.2) is 30.9 Å². The number of rotatable bonds is 7. The summed E-state index contributed by atoms with van der Waals surface area (Å²) in [5.41, 5.74) is 1.99. The first kappa shape index (κ1) is 20.9. The summed E-state index contributed by atoms with van der Waals surface area (Å²) >= 11 is 0. The Morgan fingerprint density at radius 3 is 2.69 bits per heavy atom. The van der Waals surface area contributed by atoms with E-state index in [2.05, 4.69) is 15.3 Å². The molecule has 2 aromatic heterocycles. The first-order valence-corrected chi connectivity index (χ1v) is 9.74. The van der Waals surface area contributed by atoms with E-state index in [9.17, 15) is 18.4 Å². The summed E-state index contributed by atoms with van der Waals surface area (Å²) in [7, 11) is 0. The highest BCUT2D eigenvalue weighted by Gasteiger charge is 2.30. The van der Waals surface area contributed by atoms with Crippen LogP contribution >= 0.6 is 0 Å². The number of carbonyl (C=O) groups is 2. The van der Waals surface area contributed by atoms with Crippen molar-refractivity contribution in [1.29, 1.82) is 0 Å². The van der Waals surface area contributed by atoms with Crippen LogP contribution in [0.1, 0.15) is 46.9 Å². The zero-order valence-corrected chi connectivity index (χ0v) is 16.4. The minimum atomic E-state index is -2.98. The van der Waals surface area contributed by atoms with Crippen LogP contribution in [0.2, 0.25) is 0 Å². The topological polar surface area (TPSA) is 80.1 Å². The molecule has 29 heavy (non-hydrogen) atoms. The number of alkyl halides is 2. The van der Waals surface area contributed by atoms with Gasteiger partial charge < -0.3 is 14.8 Å². The number of hydrogen-bond donors (Lipinski definition) is 1. The zero-order valence-electron chi connectivity index (χ0n) is 16.4. The first-order chi connectivity index (χ1) is 14.0. The predicted octanol–water partition coefficient (Wildman–Crippen LogP) is 2.38. The molecule has 3 rings (SSSR count). The molecule has 3 heterocycles. The molecule has 9 heteroatoms. The quantitative estimate of drug-likeness (QED) is 0.718. The van der Waals surface area contributed by atoms with E-state index in [1.165, 1.54) is 4.90 Å². The number of carbonyl (C=O) groups excluding carboxylic acids is 2. The largest absolute Gasteiger partial charge is 0.352 e. The number of nitrogens with one attached hydrogen (secondary N) is 1. The van der Waals surface area contributed by atoms with E-state index in [0.29, 0.717) is 30.6 Å². The van der Waals surface area contributed by atoms with Gasteiger partial charge in [-0.2, -0.15) is 8.78 Å². The number of aryl methyl sites for hydroxylation is 2. The fourth-order valence-corrected chi connectivity index (χ4v) is 3.57. The lowest BCUT2D eigenvalue weighted by Gasteiger charge is -2.32. The lowest BCUT2D eigenvalue weighted by molar-refractivity contribution is -0.143. The Morgan fingerprint density at radius 1 is 1.28 bits per heavy atom. The van der Waals surface area contributed by atoms with Crippen LogP contribution < -0.4 is 5.32 Å². The third kappa shape index (κ3) is 5.36. The molecule has 156 valence electrons. The summed E-state index contributed by atoms with van der Waals surface area (Å²) in [6, 6.07) is 3.55. The van der Waals surface area contributed by atoms with Crippen molar-refractivity contribution in [2.45, 2.75) is 45.1 Å². The summed E-state index contributed by atoms with van der Waals surface area (Å²) < 4.78 is 27.2. The molecule has 0 aliphatic carbocycles. The number of halogens is 2. The fraction of sp³-hybridized carbons (Fsp3) is 0.500. The average Bonchev–Trinajstić information content (AvgIpc) is 3.24. The molecule has 0 aromatic carbocycles. The molecule has 2 amide bonds. The number of hydrogen-bond acceptors (Lipinski definition) is 4. The second kappa shape index (κ2) is 9.58. The van der Waals surface area contributed by atoms with Crippen LogP contribution in [0.3, 0.4) is 0 Å². The van der Waals surface area contributed by atoms with Gasteiger partial charge in [-0.05, 0) is 38.3 Å². The van der Waals surface area contributed by atoms with Gasteiger partial charge in [-0.15, -0.1) is 0 Å². The van der Waals surface area contributed by atoms with Gasteiger partial charge in [0, 0.05) is 50.2 Å². The van der Waals surface area contributed by atoms with Gasteiger partial charge in [-0.3, -0.25) is 14.6 Å². The van der Waals surface area contributed by atoms with E-state index in [0.717, 1.165) is 18.7 Å². The third-order valence-corrected chi connectivity index (χ3v) is 5.13. The Morgan fingerprint density at radius 2 is 2.03 bits per heavy atom. The molecule has 0 saturated carbocycles. The van der Waals surface area contributed by atoms with E-state index >= 15 is 0 Å². The molecule has 0 unspecified atom stereocenters. The summed E-state index contributed by atoms with van der Waals surface area (Å²) in [5.74, 6) is -1.36. The maximum atomic E-state index is 12.7. The Hall–Kier alpha value is -2.84. The molecule has 1 N–H and O–H groups in total. The number of pyridine rings is 1. The lowest BCUT2D eigenvalue weighted by atomic mass is 9.89. The van der Waals surface area contributed by atoms with E-state index in [1.807, 2.05) is 17.7 Å². The summed E-state index contributed by atoms with van der Waals surface area (Å²) in [6.07, 6.45) is 4.12. The van der Waals surface area contributed by atoms with Gasteiger partial charge in [-0.25, -0.2) is 4.98 Å². The van der Waals surface area contributed by atoms with Crippen LogP contribution in [-0.2, 0) is 11.3 Å². The van der Waals surface area contributed by atoms with Gasteiger partial charge >= 0.3 is 6.43 Å². The molecule has 0 atom stereocenters. The van der Waals surface area contributed by atoms with Gasteiger partial charge in [0.25, 0.3) is 11.8 Å². The van der Waals surface area contributed by atoms with E-state index in [-0.39, 0.29) is 24.9 Å². The number of aromatic nitrogens is 3. The minimum absolute atomic E-state index is 0.0386. The molecular formula is C20H25F2N5O2. The summed E-state index contributed by atoms with van der Waals surface area (Å²) in [4.78, 5) is 33.9. The maximum absolute atomic E-state index is 12.7. The van der Waals surface area contributed by atoms with E-state index < -0.39 is 12.3 Å². The highest BCUT2D eigenvalue weighted by Crippen LogP contribution is 2.30. The van der Waals surface area contributed by atoms with Gasteiger partial charge in [0.1, 0.15) is 0 Å². The van der Waals surface area contributed by atoms with Gasteiger partial charge in [-0.1, -0.05) is 0 Å². The molecule has 1 aliphatic heterocycles. The van der Waals surface area contributed by atoms with Gasteiger partial charge in [0.2, 0.25) is 0 Å². The maximum Gasteiger partial charge on any atom is 0.315 e. The molecule has 0 radical (unpaired) electrons. The Kier molecular flexibility index (Phi) is 6.90. The smallest absolute Gasteiger partial charge is 0.315 e. The lowest BCUT2D eigenvalue weighted by Crippen LogP contribution is -2.41. The van der Waals surface area contributed by atoms with Crippen molar-refractivity contribution in [3.05, 3.63) is 47.8 Å². The molecule has 1 aliphatic rings. The minimum Gasteiger partial charge on any atom is -0.352 e. The van der Waals surface area contributed by atoms with Crippen molar-refractivity contribution in [1.82, 2.24) is 24.8 Å².